The van der Waals surface area contributed by atoms with Crippen LogP contribution >= 0.6 is 0 Å². The number of amides is 1. The molecule has 2 heterocycles. The van der Waals surface area contributed by atoms with Crippen LogP contribution in [0.25, 0.3) is 0 Å². The summed E-state index contributed by atoms with van der Waals surface area (Å²) in [6.45, 7) is 4.65. The van der Waals surface area contributed by atoms with E-state index >= 15 is 0 Å². The Hall–Kier alpha value is -2.38. The first-order chi connectivity index (χ1) is 9.40. The molecule has 0 bridgehead atoms. The van der Waals surface area contributed by atoms with Gasteiger partial charge in [-0.1, -0.05) is 0 Å². The second-order valence-corrected chi connectivity index (χ2v) is 4.92. The van der Waals surface area contributed by atoms with Crippen molar-refractivity contribution in [3.8, 4) is 0 Å². The summed E-state index contributed by atoms with van der Waals surface area (Å²) in [5, 5.41) is 19.6. The SMILES string of the molecule is CC1CN(C(=O)O)CC(C)N1c1ccc([N+](=O)[O-])nc1. The fraction of sp³-hybridized carbons (Fsp3) is 0.500. The Balaban J connectivity index is 2.20. The summed E-state index contributed by atoms with van der Waals surface area (Å²) in [6.07, 6.45) is 0.534. The van der Waals surface area contributed by atoms with Crippen molar-refractivity contribution in [2.45, 2.75) is 25.9 Å². The molecule has 0 aliphatic carbocycles. The first kappa shape index (κ1) is 14.0. The van der Waals surface area contributed by atoms with E-state index in [9.17, 15) is 14.9 Å². The van der Waals surface area contributed by atoms with Gasteiger partial charge in [0.05, 0.1) is 5.69 Å². The zero-order chi connectivity index (χ0) is 14.9. The molecule has 8 heteroatoms. The number of hydrogen-bond donors (Lipinski definition) is 1. The first-order valence-corrected chi connectivity index (χ1v) is 6.26. The number of aromatic nitrogens is 1. The lowest BCUT2D eigenvalue weighted by molar-refractivity contribution is -0.389. The van der Waals surface area contributed by atoms with Crippen molar-refractivity contribution < 1.29 is 14.8 Å². The van der Waals surface area contributed by atoms with Crippen LogP contribution in [-0.4, -0.2) is 51.2 Å². The van der Waals surface area contributed by atoms with Crippen molar-refractivity contribution in [3.05, 3.63) is 28.4 Å². The second-order valence-electron chi connectivity index (χ2n) is 4.92. The van der Waals surface area contributed by atoms with Gasteiger partial charge < -0.3 is 25.0 Å². The summed E-state index contributed by atoms with van der Waals surface area (Å²) in [6, 6.07) is 2.98. The van der Waals surface area contributed by atoms with Crippen LogP contribution < -0.4 is 4.90 Å². The van der Waals surface area contributed by atoms with E-state index < -0.39 is 11.0 Å². The third-order valence-corrected chi connectivity index (χ3v) is 3.41. The van der Waals surface area contributed by atoms with Gasteiger partial charge in [0, 0.05) is 31.2 Å². The molecular formula is C12H16N4O4. The molecule has 1 saturated heterocycles. The van der Waals surface area contributed by atoms with Crippen molar-refractivity contribution >= 4 is 17.6 Å². The van der Waals surface area contributed by atoms with Crippen LogP contribution in [0.3, 0.4) is 0 Å². The van der Waals surface area contributed by atoms with E-state index in [0.717, 1.165) is 5.69 Å². The monoisotopic (exact) mass is 280 g/mol. The fourth-order valence-corrected chi connectivity index (χ4v) is 2.63. The molecule has 108 valence electrons. The van der Waals surface area contributed by atoms with Crippen LogP contribution in [0.2, 0.25) is 0 Å². The maximum absolute atomic E-state index is 11.0. The standard InChI is InChI=1S/C12H16N4O4/c1-8-6-14(12(17)18)7-9(2)15(8)10-3-4-11(13-5-10)16(19)20/h3-5,8-9H,6-7H2,1-2H3,(H,17,18). The molecule has 2 unspecified atom stereocenters. The van der Waals surface area contributed by atoms with Crippen LogP contribution in [0, 0.1) is 10.1 Å². The molecule has 8 nitrogen and oxygen atoms in total. The van der Waals surface area contributed by atoms with E-state index in [0.29, 0.717) is 13.1 Å². The maximum Gasteiger partial charge on any atom is 0.407 e. The highest BCUT2D eigenvalue weighted by Crippen LogP contribution is 2.25. The van der Waals surface area contributed by atoms with Gasteiger partial charge in [-0.05, 0) is 29.8 Å². The van der Waals surface area contributed by atoms with E-state index in [1.54, 1.807) is 6.07 Å². The Kier molecular flexibility index (Phi) is 3.73. The zero-order valence-electron chi connectivity index (χ0n) is 11.3. The second kappa shape index (κ2) is 5.32. The van der Waals surface area contributed by atoms with Gasteiger partial charge in [0.25, 0.3) is 0 Å². The van der Waals surface area contributed by atoms with Gasteiger partial charge in [-0.25, -0.2) is 4.79 Å². The molecule has 1 fully saturated rings. The number of carboxylic acid groups (broad SMARTS) is 1. The van der Waals surface area contributed by atoms with Gasteiger partial charge >= 0.3 is 11.9 Å². The minimum Gasteiger partial charge on any atom is -0.465 e. The number of hydrogen-bond acceptors (Lipinski definition) is 5. The summed E-state index contributed by atoms with van der Waals surface area (Å²) in [5.74, 6) is -0.196. The molecule has 2 rings (SSSR count). The molecule has 1 amide bonds. The average Bonchev–Trinajstić information content (AvgIpc) is 2.38. The molecule has 1 aliphatic rings. The molecule has 1 aromatic rings. The molecule has 0 aromatic carbocycles. The van der Waals surface area contributed by atoms with Crippen LogP contribution in [0.15, 0.2) is 18.3 Å². The topological polar surface area (TPSA) is 99.8 Å². The van der Waals surface area contributed by atoms with Crippen molar-refractivity contribution in [1.82, 2.24) is 9.88 Å². The van der Waals surface area contributed by atoms with Gasteiger partial charge in [0.2, 0.25) is 0 Å². The number of anilines is 1. The van der Waals surface area contributed by atoms with E-state index in [4.69, 9.17) is 5.11 Å². The highest BCUT2D eigenvalue weighted by Gasteiger charge is 2.32. The third kappa shape index (κ3) is 2.63. The quantitative estimate of drug-likeness (QED) is 0.652. The number of rotatable bonds is 2. The smallest absolute Gasteiger partial charge is 0.407 e. The van der Waals surface area contributed by atoms with Crippen molar-refractivity contribution in [1.29, 1.82) is 0 Å². The highest BCUT2D eigenvalue weighted by atomic mass is 16.6. The molecule has 20 heavy (non-hydrogen) atoms. The normalized spacial score (nSPS) is 22.7. The average molecular weight is 280 g/mol. The minimum atomic E-state index is -0.926. The van der Waals surface area contributed by atoms with Crippen LogP contribution in [0.4, 0.5) is 16.3 Å². The molecular weight excluding hydrogens is 264 g/mol. The number of piperazine rings is 1. The lowest BCUT2D eigenvalue weighted by Crippen LogP contribution is -2.58. The summed E-state index contributed by atoms with van der Waals surface area (Å²) < 4.78 is 0. The molecule has 2 atom stereocenters. The maximum atomic E-state index is 11.0. The Morgan fingerprint density at radius 1 is 1.40 bits per heavy atom. The predicted molar refractivity (Wildman–Crippen MR) is 71.9 cm³/mol. The summed E-state index contributed by atoms with van der Waals surface area (Å²) in [7, 11) is 0. The van der Waals surface area contributed by atoms with Gasteiger partial charge in [-0.3, -0.25) is 0 Å². The fourth-order valence-electron chi connectivity index (χ4n) is 2.63. The largest absolute Gasteiger partial charge is 0.465 e. The Bertz CT molecular complexity index is 507. The van der Waals surface area contributed by atoms with Crippen LogP contribution in [-0.2, 0) is 0 Å². The molecule has 1 aromatic heterocycles. The summed E-state index contributed by atoms with van der Waals surface area (Å²) >= 11 is 0. The van der Waals surface area contributed by atoms with E-state index in [2.05, 4.69) is 4.98 Å². The zero-order valence-corrected chi connectivity index (χ0v) is 11.3. The summed E-state index contributed by atoms with van der Waals surface area (Å²) in [5.41, 5.74) is 0.764. The Labute approximate surface area is 115 Å². The predicted octanol–water partition coefficient (Wildman–Crippen LogP) is 1.57. The number of carbonyl (C=O) groups is 1. The van der Waals surface area contributed by atoms with Gasteiger partial charge in [0.1, 0.15) is 0 Å². The molecule has 0 spiro atoms. The summed E-state index contributed by atoms with van der Waals surface area (Å²) in [4.78, 5) is 28.3. The third-order valence-electron chi connectivity index (χ3n) is 3.41. The van der Waals surface area contributed by atoms with Crippen molar-refractivity contribution in [2.24, 2.45) is 0 Å². The molecule has 1 aliphatic heterocycles. The number of pyridine rings is 1. The highest BCUT2D eigenvalue weighted by molar-refractivity contribution is 5.66. The Morgan fingerprint density at radius 3 is 2.40 bits per heavy atom. The van der Waals surface area contributed by atoms with Crippen LogP contribution in [0.1, 0.15) is 13.8 Å². The van der Waals surface area contributed by atoms with E-state index in [-0.39, 0.29) is 17.9 Å². The van der Waals surface area contributed by atoms with Crippen molar-refractivity contribution in [3.63, 3.8) is 0 Å². The number of nitro groups is 1. The lowest BCUT2D eigenvalue weighted by atomic mass is 10.1. The number of nitrogens with zero attached hydrogens (tertiary/aromatic N) is 4. The van der Waals surface area contributed by atoms with Gasteiger partial charge in [-0.15, -0.1) is 0 Å². The molecule has 0 radical (unpaired) electrons. The van der Waals surface area contributed by atoms with E-state index in [1.807, 2.05) is 18.7 Å². The van der Waals surface area contributed by atoms with Crippen molar-refractivity contribution in [2.75, 3.05) is 18.0 Å². The van der Waals surface area contributed by atoms with E-state index in [1.165, 1.54) is 17.2 Å². The van der Waals surface area contributed by atoms with Gasteiger partial charge in [-0.2, -0.15) is 0 Å². The van der Waals surface area contributed by atoms with Gasteiger partial charge in [0.15, 0.2) is 6.20 Å². The minimum absolute atomic E-state index is 0.0156. The Morgan fingerprint density at radius 2 is 2.00 bits per heavy atom. The first-order valence-electron chi connectivity index (χ1n) is 6.26. The lowest BCUT2D eigenvalue weighted by Gasteiger charge is -2.44. The molecule has 1 N–H and O–H groups in total. The molecule has 0 saturated carbocycles. The van der Waals surface area contributed by atoms with Crippen LogP contribution in [0.5, 0.6) is 0 Å².